The number of likely N-dealkylation sites (N-methyl/N-ethyl adjacent to an activating group) is 1. The normalized spacial score (nSPS) is 12.2. The second-order valence-corrected chi connectivity index (χ2v) is 5.04. The molecule has 0 spiro atoms. The molecule has 0 radical (unpaired) electrons. The van der Waals surface area contributed by atoms with Gasteiger partial charge in [0.1, 0.15) is 11.6 Å². The van der Waals surface area contributed by atoms with Gasteiger partial charge >= 0.3 is 0 Å². The van der Waals surface area contributed by atoms with Gasteiger partial charge in [-0.25, -0.2) is 8.78 Å². The number of anilines is 1. The lowest BCUT2D eigenvalue weighted by molar-refractivity contribution is 0.547. The Morgan fingerprint density at radius 2 is 1.90 bits per heavy atom. The Morgan fingerprint density at radius 1 is 1.14 bits per heavy atom. The number of aryl methyl sites for hydroxylation is 1. The summed E-state index contributed by atoms with van der Waals surface area (Å²) in [5.41, 5.74) is 8.20. The molecule has 1 atom stereocenters. The van der Waals surface area contributed by atoms with Crippen LogP contribution in [0.1, 0.15) is 24.1 Å². The van der Waals surface area contributed by atoms with Gasteiger partial charge in [-0.3, -0.25) is 0 Å². The lowest BCUT2D eigenvalue weighted by Gasteiger charge is -2.32. The molecule has 1 unspecified atom stereocenters. The Labute approximate surface area is 124 Å². The molecule has 0 aromatic heterocycles. The van der Waals surface area contributed by atoms with Crippen LogP contribution in [0.3, 0.4) is 0 Å². The maximum atomic E-state index is 14.0. The van der Waals surface area contributed by atoms with Crippen molar-refractivity contribution >= 4 is 5.69 Å². The van der Waals surface area contributed by atoms with Crippen LogP contribution in [-0.2, 0) is 0 Å². The summed E-state index contributed by atoms with van der Waals surface area (Å²) in [6.45, 7) is 4.84. The lowest BCUT2D eigenvalue weighted by Crippen LogP contribution is -2.34. The zero-order chi connectivity index (χ0) is 15.4. The summed E-state index contributed by atoms with van der Waals surface area (Å²) in [7, 11) is 0. The summed E-state index contributed by atoms with van der Waals surface area (Å²) in [5, 5.41) is 0. The van der Waals surface area contributed by atoms with E-state index in [4.69, 9.17) is 5.73 Å². The molecular weight excluding hydrogens is 270 g/mol. The van der Waals surface area contributed by atoms with Crippen molar-refractivity contribution < 1.29 is 8.78 Å². The van der Waals surface area contributed by atoms with Crippen LogP contribution in [0.5, 0.6) is 0 Å². The molecule has 2 rings (SSSR count). The molecule has 0 heterocycles. The number of nitrogens with two attached hydrogens (primary N) is 1. The lowest BCUT2D eigenvalue weighted by atomic mass is 10.0. The van der Waals surface area contributed by atoms with Crippen molar-refractivity contribution in [2.45, 2.75) is 19.9 Å². The average molecular weight is 290 g/mol. The molecule has 2 aromatic carbocycles. The number of hydrogen-bond donors (Lipinski definition) is 1. The first-order valence-corrected chi connectivity index (χ1v) is 7.05. The third-order valence-corrected chi connectivity index (χ3v) is 3.59. The molecule has 0 saturated carbocycles. The van der Waals surface area contributed by atoms with Crippen molar-refractivity contribution in [2.75, 3.05) is 18.0 Å². The van der Waals surface area contributed by atoms with Crippen LogP contribution in [0.2, 0.25) is 0 Å². The highest BCUT2D eigenvalue weighted by molar-refractivity contribution is 5.51. The summed E-state index contributed by atoms with van der Waals surface area (Å²) >= 11 is 0. The number of benzene rings is 2. The van der Waals surface area contributed by atoms with Crippen molar-refractivity contribution in [1.82, 2.24) is 0 Å². The van der Waals surface area contributed by atoms with Gasteiger partial charge in [-0.05, 0) is 49.7 Å². The highest BCUT2D eigenvalue weighted by Gasteiger charge is 2.22. The van der Waals surface area contributed by atoms with E-state index in [0.717, 1.165) is 23.4 Å². The quantitative estimate of drug-likeness (QED) is 0.907. The minimum absolute atomic E-state index is 0.210. The van der Waals surface area contributed by atoms with Crippen molar-refractivity contribution in [3.8, 4) is 0 Å². The molecule has 112 valence electrons. The molecule has 0 aliphatic heterocycles. The third kappa shape index (κ3) is 3.39. The predicted octanol–water partition coefficient (Wildman–Crippen LogP) is 3.80. The van der Waals surface area contributed by atoms with Gasteiger partial charge < -0.3 is 10.6 Å². The van der Waals surface area contributed by atoms with Gasteiger partial charge in [0.15, 0.2) is 0 Å². The molecular formula is C17H20F2N2. The fourth-order valence-electron chi connectivity index (χ4n) is 2.58. The van der Waals surface area contributed by atoms with Crippen molar-refractivity contribution in [1.29, 1.82) is 0 Å². The van der Waals surface area contributed by atoms with Crippen molar-refractivity contribution in [2.24, 2.45) is 5.73 Å². The molecule has 21 heavy (non-hydrogen) atoms. The van der Waals surface area contributed by atoms with Gasteiger partial charge in [0.25, 0.3) is 0 Å². The molecule has 0 saturated heterocycles. The molecule has 2 nitrogen and oxygen atoms in total. The van der Waals surface area contributed by atoms with Crippen molar-refractivity contribution in [3.63, 3.8) is 0 Å². The van der Waals surface area contributed by atoms with E-state index in [-0.39, 0.29) is 6.54 Å². The second-order valence-electron chi connectivity index (χ2n) is 5.04. The topological polar surface area (TPSA) is 29.3 Å². The fourth-order valence-corrected chi connectivity index (χ4v) is 2.58. The van der Waals surface area contributed by atoms with Crippen LogP contribution in [0.15, 0.2) is 42.5 Å². The van der Waals surface area contributed by atoms with Gasteiger partial charge in [-0.15, -0.1) is 0 Å². The zero-order valence-corrected chi connectivity index (χ0v) is 12.3. The van der Waals surface area contributed by atoms with Crippen LogP contribution >= 0.6 is 0 Å². The number of nitrogens with zero attached hydrogens (tertiary/aromatic N) is 1. The van der Waals surface area contributed by atoms with Crippen LogP contribution in [0.25, 0.3) is 0 Å². The minimum Gasteiger partial charge on any atom is -0.363 e. The Balaban J connectivity index is 2.44. The summed E-state index contributed by atoms with van der Waals surface area (Å²) in [6, 6.07) is 11.0. The van der Waals surface area contributed by atoms with Gasteiger partial charge in [-0.1, -0.05) is 12.1 Å². The molecule has 0 aliphatic rings. The van der Waals surface area contributed by atoms with Crippen LogP contribution < -0.4 is 10.6 Å². The number of rotatable bonds is 5. The molecule has 0 bridgehead atoms. The van der Waals surface area contributed by atoms with E-state index in [1.807, 2.05) is 43.0 Å². The maximum absolute atomic E-state index is 14.0. The summed E-state index contributed by atoms with van der Waals surface area (Å²) < 4.78 is 27.5. The van der Waals surface area contributed by atoms with Gasteiger partial charge in [0, 0.05) is 24.3 Å². The van der Waals surface area contributed by atoms with Gasteiger partial charge in [0.05, 0.1) is 6.04 Å². The van der Waals surface area contributed by atoms with Crippen molar-refractivity contribution in [3.05, 3.63) is 65.2 Å². The Morgan fingerprint density at radius 3 is 2.52 bits per heavy atom. The monoisotopic (exact) mass is 290 g/mol. The number of hydrogen-bond acceptors (Lipinski definition) is 2. The molecule has 4 heteroatoms. The highest BCUT2D eigenvalue weighted by Crippen LogP contribution is 2.29. The van der Waals surface area contributed by atoms with Crippen LogP contribution in [-0.4, -0.2) is 13.1 Å². The minimum atomic E-state index is -0.454. The van der Waals surface area contributed by atoms with E-state index in [9.17, 15) is 8.78 Å². The Bertz CT molecular complexity index is 613. The largest absolute Gasteiger partial charge is 0.363 e. The maximum Gasteiger partial charge on any atom is 0.128 e. The van der Waals surface area contributed by atoms with Gasteiger partial charge in [-0.2, -0.15) is 0 Å². The van der Waals surface area contributed by atoms with Crippen LogP contribution in [0.4, 0.5) is 14.5 Å². The SMILES string of the molecule is CCN(c1cccc(C)c1)C(CN)c1cc(F)ccc1F. The third-order valence-electron chi connectivity index (χ3n) is 3.59. The molecule has 0 fully saturated rings. The van der Waals surface area contributed by atoms with E-state index in [1.165, 1.54) is 6.07 Å². The molecule has 0 aliphatic carbocycles. The summed E-state index contributed by atoms with van der Waals surface area (Å²) in [4.78, 5) is 1.99. The second kappa shape index (κ2) is 6.68. The van der Waals surface area contributed by atoms with E-state index in [0.29, 0.717) is 12.1 Å². The van der Waals surface area contributed by atoms with Crippen LogP contribution in [0, 0.1) is 18.6 Å². The smallest absolute Gasteiger partial charge is 0.128 e. The van der Waals surface area contributed by atoms with E-state index >= 15 is 0 Å². The first-order chi connectivity index (χ1) is 10.1. The first kappa shape index (κ1) is 15.4. The standard InChI is InChI=1S/C17H20F2N2/c1-3-21(14-6-4-5-12(2)9-14)17(11-20)15-10-13(18)7-8-16(15)19/h4-10,17H,3,11,20H2,1-2H3. The number of halogens is 2. The summed E-state index contributed by atoms with van der Waals surface area (Å²) in [5.74, 6) is -0.886. The van der Waals surface area contributed by atoms with Gasteiger partial charge in [0.2, 0.25) is 0 Å². The Hall–Kier alpha value is -1.94. The van der Waals surface area contributed by atoms with E-state index in [1.54, 1.807) is 0 Å². The predicted molar refractivity (Wildman–Crippen MR) is 82.4 cm³/mol. The fraction of sp³-hybridized carbons (Fsp3) is 0.294. The molecule has 2 N–H and O–H groups in total. The summed E-state index contributed by atoms with van der Waals surface area (Å²) in [6.07, 6.45) is 0. The highest BCUT2D eigenvalue weighted by atomic mass is 19.1. The molecule has 2 aromatic rings. The molecule has 0 amide bonds. The average Bonchev–Trinajstić information content (AvgIpc) is 2.47. The first-order valence-electron chi connectivity index (χ1n) is 7.05. The Kier molecular flexibility index (Phi) is 4.91. The van der Waals surface area contributed by atoms with E-state index < -0.39 is 17.7 Å². The van der Waals surface area contributed by atoms with E-state index in [2.05, 4.69) is 0 Å². The zero-order valence-electron chi connectivity index (χ0n) is 12.3.